The van der Waals surface area contributed by atoms with E-state index in [1.165, 1.54) is 0 Å². The minimum Gasteiger partial charge on any atom is -0.253 e. The zero-order valence-corrected chi connectivity index (χ0v) is 9.07. The summed E-state index contributed by atoms with van der Waals surface area (Å²) in [6, 6.07) is 9.23. The lowest BCUT2D eigenvalue weighted by molar-refractivity contribution is 1.38. The molecule has 0 N–H and O–H groups in total. The van der Waals surface area contributed by atoms with E-state index in [9.17, 15) is 0 Å². The van der Waals surface area contributed by atoms with E-state index in [-0.39, 0.29) is 0 Å². The minimum atomic E-state index is 0.605. The number of pyridine rings is 2. The summed E-state index contributed by atoms with van der Waals surface area (Å²) in [5, 5.41) is 1.45. The third kappa shape index (κ3) is 1.36. The molecule has 16 heavy (non-hydrogen) atoms. The van der Waals surface area contributed by atoms with Gasteiger partial charge < -0.3 is 0 Å². The highest BCUT2D eigenvalue weighted by molar-refractivity contribution is 6.41. The summed E-state index contributed by atoms with van der Waals surface area (Å²) in [4.78, 5) is 8.70. The number of nitrogens with zero attached hydrogens (tertiary/aromatic N) is 2. The van der Waals surface area contributed by atoms with Crippen LogP contribution < -0.4 is 5.46 Å². The molecule has 74 valence electrons. The van der Waals surface area contributed by atoms with Crippen molar-refractivity contribution in [2.24, 2.45) is 0 Å². The summed E-state index contributed by atoms with van der Waals surface area (Å²) < 4.78 is 0. The lowest BCUT2D eigenvalue weighted by atomic mass is 9.94. The molecule has 2 aromatic heterocycles. The maximum absolute atomic E-state index is 6.29. The van der Waals surface area contributed by atoms with Crippen molar-refractivity contribution in [3.05, 3.63) is 41.6 Å². The number of fused-ring (bicyclic) bond motifs is 2. The van der Waals surface area contributed by atoms with Crippen molar-refractivity contribution >= 4 is 46.8 Å². The molecule has 0 amide bonds. The highest BCUT2D eigenvalue weighted by atomic mass is 35.5. The molecule has 2 nitrogen and oxygen atoms in total. The van der Waals surface area contributed by atoms with Crippen molar-refractivity contribution in [1.29, 1.82) is 0 Å². The maximum atomic E-state index is 6.29. The first-order valence-corrected chi connectivity index (χ1v) is 5.23. The standard InChI is InChI=1S/C12H6BClN2/c13-7-3-4-9-8(6-7)11(14)12-10(16-9)2-1-5-15-12/h1-6H. The van der Waals surface area contributed by atoms with Crippen molar-refractivity contribution < 1.29 is 0 Å². The molecule has 0 aliphatic rings. The average Bonchev–Trinajstić information content (AvgIpc) is 2.31. The number of rotatable bonds is 0. The van der Waals surface area contributed by atoms with Crippen molar-refractivity contribution in [3.63, 3.8) is 0 Å². The van der Waals surface area contributed by atoms with Crippen molar-refractivity contribution in [1.82, 2.24) is 9.97 Å². The molecule has 0 saturated carbocycles. The Morgan fingerprint density at radius 3 is 2.88 bits per heavy atom. The van der Waals surface area contributed by atoms with Crippen LogP contribution in [0.15, 0.2) is 36.5 Å². The molecule has 3 aromatic rings. The molecule has 0 saturated heterocycles. The van der Waals surface area contributed by atoms with Gasteiger partial charge in [-0.2, -0.15) is 0 Å². The van der Waals surface area contributed by atoms with Crippen LogP contribution in [0.4, 0.5) is 0 Å². The minimum absolute atomic E-state index is 0.605. The first-order valence-electron chi connectivity index (χ1n) is 4.85. The zero-order chi connectivity index (χ0) is 11.1. The summed E-state index contributed by atoms with van der Waals surface area (Å²) in [5.41, 5.74) is 3.01. The Kier molecular flexibility index (Phi) is 2.08. The number of hydrogen-bond donors (Lipinski definition) is 0. The van der Waals surface area contributed by atoms with Crippen LogP contribution in [0.1, 0.15) is 0 Å². The van der Waals surface area contributed by atoms with Gasteiger partial charge in [-0.15, -0.1) is 0 Å². The van der Waals surface area contributed by atoms with Crippen LogP contribution in [0.2, 0.25) is 5.02 Å². The normalized spacial score (nSPS) is 11.1. The van der Waals surface area contributed by atoms with E-state index >= 15 is 0 Å². The van der Waals surface area contributed by atoms with Gasteiger partial charge in [0.05, 0.1) is 16.1 Å². The summed E-state index contributed by atoms with van der Waals surface area (Å²) in [5.74, 6) is 0. The summed E-state index contributed by atoms with van der Waals surface area (Å²) in [7, 11) is 5.73. The topological polar surface area (TPSA) is 25.8 Å². The summed E-state index contributed by atoms with van der Waals surface area (Å²) in [6.45, 7) is 0. The van der Waals surface area contributed by atoms with Crippen LogP contribution in [0.25, 0.3) is 21.9 Å². The van der Waals surface area contributed by atoms with Crippen LogP contribution in [0.3, 0.4) is 0 Å². The Bertz CT molecular complexity index is 697. The third-order valence-corrected chi connectivity index (χ3v) is 2.87. The number of aromatic nitrogens is 2. The molecule has 2 radical (unpaired) electrons. The van der Waals surface area contributed by atoms with Gasteiger partial charge in [0.1, 0.15) is 13.4 Å². The fourth-order valence-electron chi connectivity index (χ4n) is 1.74. The van der Waals surface area contributed by atoms with Crippen molar-refractivity contribution in [2.45, 2.75) is 0 Å². The van der Waals surface area contributed by atoms with Gasteiger partial charge in [0.2, 0.25) is 0 Å². The SMILES string of the molecule is [B]c1ccc2nc3cccnc3c(Cl)c2c1. The fourth-order valence-corrected chi connectivity index (χ4v) is 2.04. The third-order valence-electron chi connectivity index (χ3n) is 2.49. The molecule has 1 aromatic carbocycles. The Morgan fingerprint density at radius 1 is 1.12 bits per heavy atom. The quantitative estimate of drug-likeness (QED) is 0.432. The van der Waals surface area contributed by atoms with Gasteiger partial charge in [-0.25, -0.2) is 4.98 Å². The summed E-state index contributed by atoms with van der Waals surface area (Å²) >= 11 is 6.29. The van der Waals surface area contributed by atoms with Crippen LogP contribution in [0, 0.1) is 0 Å². The van der Waals surface area contributed by atoms with Gasteiger partial charge in [0, 0.05) is 11.6 Å². The Hall–Kier alpha value is -1.61. The highest BCUT2D eigenvalue weighted by Gasteiger charge is 2.07. The van der Waals surface area contributed by atoms with Crippen molar-refractivity contribution in [3.8, 4) is 0 Å². The Balaban J connectivity index is 2.56. The molecule has 3 rings (SSSR count). The van der Waals surface area contributed by atoms with Gasteiger partial charge >= 0.3 is 0 Å². The van der Waals surface area contributed by atoms with Crippen LogP contribution in [-0.2, 0) is 0 Å². The average molecular weight is 224 g/mol. The second-order valence-corrected chi connectivity index (χ2v) is 3.95. The van der Waals surface area contributed by atoms with E-state index in [2.05, 4.69) is 9.97 Å². The number of halogens is 1. The summed E-state index contributed by atoms with van der Waals surface area (Å²) in [6.07, 6.45) is 1.70. The first-order chi connectivity index (χ1) is 7.75. The van der Waals surface area contributed by atoms with E-state index in [4.69, 9.17) is 19.4 Å². The zero-order valence-electron chi connectivity index (χ0n) is 8.31. The molecule has 0 bridgehead atoms. The van der Waals surface area contributed by atoms with E-state index < -0.39 is 0 Å². The predicted molar refractivity (Wildman–Crippen MR) is 67.4 cm³/mol. The van der Waals surface area contributed by atoms with Gasteiger partial charge in [-0.05, 0) is 18.2 Å². The van der Waals surface area contributed by atoms with E-state index in [1.54, 1.807) is 6.20 Å². The molecule has 0 fully saturated rings. The monoisotopic (exact) mass is 224 g/mol. The molecule has 4 heteroatoms. The smallest absolute Gasteiger partial charge is 0.113 e. The molecular formula is C12H6BClN2. The molecule has 0 spiro atoms. The molecule has 0 atom stereocenters. The van der Waals surface area contributed by atoms with E-state index in [1.807, 2.05) is 30.3 Å². The van der Waals surface area contributed by atoms with E-state index in [0.717, 1.165) is 16.4 Å². The lowest BCUT2D eigenvalue weighted by Crippen LogP contribution is -2.01. The molecule has 0 unspecified atom stereocenters. The lowest BCUT2D eigenvalue weighted by Gasteiger charge is -2.05. The van der Waals surface area contributed by atoms with Crippen molar-refractivity contribution in [2.75, 3.05) is 0 Å². The molecule has 0 aliphatic carbocycles. The fraction of sp³-hybridized carbons (Fsp3) is 0. The molecule has 0 aliphatic heterocycles. The molecule has 2 heterocycles. The maximum Gasteiger partial charge on any atom is 0.113 e. The van der Waals surface area contributed by atoms with Gasteiger partial charge in [-0.1, -0.05) is 29.2 Å². The van der Waals surface area contributed by atoms with Gasteiger partial charge in [0.15, 0.2) is 0 Å². The Morgan fingerprint density at radius 2 is 2.00 bits per heavy atom. The van der Waals surface area contributed by atoms with E-state index in [0.29, 0.717) is 16.0 Å². The highest BCUT2D eigenvalue weighted by Crippen LogP contribution is 2.27. The van der Waals surface area contributed by atoms with Crippen LogP contribution >= 0.6 is 11.6 Å². The Labute approximate surface area is 98.7 Å². The van der Waals surface area contributed by atoms with Crippen LogP contribution in [-0.4, -0.2) is 17.8 Å². The largest absolute Gasteiger partial charge is 0.253 e. The van der Waals surface area contributed by atoms with Gasteiger partial charge in [0.25, 0.3) is 0 Å². The number of hydrogen-bond acceptors (Lipinski definition) is 2. The first kappa shape index (κ1) is 9.61. The van der Waals surface area contributed by atoms with Gasteiger partial charge in [-0.3, -0.25) is 4.98 Å². The molecular weight excluding hydrogens is 218 g/mol. The number of benzene rings is 1. The second kappa shape index (κ2) is 3.46. The predicted octanol–water partition coefficient (Wildman–Crippen LogP) is 2.23. The van der Waals surface area contributed by atoms with Crippen LogP contribution in [0.5, 0.6) is 0 Å². The second-order valence-electron chi connectivity index (χ2n) is 3.57.